The zero-order valence-corrected chi connectivity index (χ0v) is 17.6. The number of thioether (sulfide) groups is 1. The normalized spacial score (nSPS) is 31.0. The first-order valence-electron chi connectivity index (χ1n) is 9.91. The lowest BCUT2D eigenvalue weighted by Crippen LogP contribution is -2.55. The Morgan fingerprint density at radius 1 is 1.29 bits per heavy atom. The molecule has 9 nitrogen and oxygen atoms in total. The summed E-state index contributed by atoms with van der Waals surface area (Å²) < 4.78 is 11.0. The number of fused-ring (bicyclic) bond motifs is 4. The van der Waals surface area contributed by atoms with Gasteiger partial charge in [0.05, 0.1) is 23.4 Å². The van der Waals surface area contributed by atoms with E-state index in [1.807, 2.05) is 35.2 Å². The Balaban J connectivity index is 1.51. The summed E-state index contributed by atoms with van der Waals surface area (Å²) >= 11 is 1.44. The minimum Gasteiger partial charge on any atom is -0.449 e. The maximum absolute atomic E-state index is 13.6. The fourth-order valence-corrected chi connectivity index (χ4v) is 6.00. The fraction of sp³-hybridized carbons (Fsp3) is 0.381. The smallest absolute Gasteiger partial charge is 0.404 e. The third-order valence-electron chi connectivity index (χ3n) is 6.46. The highest BCUT2D eigenvalue weighted by atomic mass is 32.2. The topological polar surface area (TPSA) is 147 Å². The largest absolute Gasteiger partial charge is 0.449 e. The van der Waals surface area contributed by atoms with Crippen molar-refractivity contribution >= 4 is 29.4 Å². The molecule has 1 unspecified atom stereocenters. The predicted molar refractivity (Wildman–Crippen MR) is 112 cm³/mol. The van der Waals surface area contributed by atoms with E-state index in [4.69, 9.17) is 20.9 Å². The van der Waals surface area contributed by atoms with Gasteiger partial charge >= 0.3 is 6.09 Å². The Bertz CT molecular complexity index is 1060. The molecule has 0 spiro atoms. The summed E-state index contributed by atoms with van der Waals surface area (Å²) in [6.45, 7) is 0.340. The third kappa shape index (κ3) is 2.82. The van der Waals surface area contributed by atoms with E-state index in [9.17, 15) is 14.4 Å². The number of piperazine rings is 1. The summed E-state index contributed by atoms with van der Waals surface area (Å²) in [5.41, 5.74) is 11.1. The molecule has 1 amide bonds. The Kier molecular flexibility index (Phi) is 4.61. The number of ketones is 2. The van der Waals surface area contributed by atoms with Gasteiger partial charge in [-0.3, -0.25) is 9.59 Å². The molecule has 3 heterocycles. The molecule has 162 valence electrons. The van der Waals surface area contributed by atoms with E-state index in [1.165, 1.54) is 18.9 Å². The number of benzene rings is 1. The van der Waals surface area contributed by atoms with Crippen LogP contribution in [0.1, 0.15) is 0 Å². The van der Waals surface area contributed by atoms with E-state index in [2.05, 4.69) is 5.32 Å². The van der Waals surface area contributed by atoms with Crippen molar-refractivity contribution in [1.82, 2.24) is 10.2 Å². The number of primary amides is 1. The van der Waals surface area contributed by atoms with E-state index in [-0.39, 0.29) is 47.1 Å². The SMILES string of the molecule is COC12[C@H](COC(N)=O)C3=C(C(=O)C(CSc4ccccc4)=C(N)C3=O)N1C[C@@H]1N[C@@H]12. The molecule has 1 aromatic rings. The lowest BCUT2D eigenvalue weighted by molar-refractivity contribution is -0.137. The molecule has 0 radical (unpaired) electrons. The van der Waals surface area contributed by atoms with Crippen LogP contribution in [0.5, 0.6) is 0 Å². The maximum atomic E-state index is 13.6. The second-order valence-electron chi connectivity index (χ2n) is 7.91. The summed E-state index contributed by atoms with van der Waals surface area (Å²) in [6, 6.07) is 9.64. The molecule has 5 N–H and O–H groups in total. The number of carbonyl (C=O) groups is 3. The maximum Gasteiger partial charge on any atom is 0.404 e. The number of carbonyl (C=O) groups excluding carboxylic acids is 3. The summed E-state index contributed by atoms with van der Waals surface area (Å²) in [5.74, 6) is -1.10. The van der Waals surface area contributed by atoms with Gasteiger partial charge in [0.25, 0.3) is 0 Å². The summed E-state index contributed by atoms with van der Waals surface area (Å²) in [5, 5.41) is 3.32. The van der Waals surface area contributed by atoms with Crippen molar-refractivity contribution in [3.8, 4) is 0 Å². The molecule has 31 heavy (non-hydrogen) atoms. The number of hydrogen-bond donors (Lipinski definition) is 3. The number of amides is 1. The van der Waals surface area contributed by atoms with Crippen molar-refractivity contribution in [3.63, 3.8) is 0 Å². The highest BCUT2D eigenvalue weighted by Crippen LogP contribution is 2.55. The Labute approximate surface area is 182 Å². The van der Waals surface area contributed by atoms with Gasteiger partial charge in [-0.05, 0) is 12.1 Å². The quantitative estimate of drug-likeness (QED) is 0.317. The molecular formula is C21H22N4O5S. The first-order chi connectivity index (χ1) is 14.9. The fourth-order valence-electron chi connectivity index (χ4n) is 5.06. The van der Waals surface area contributed by atoms with Gasteiger partial charge in [-0.2, -0.15) is 0 Å². The molecule has 0 saturated carbocycles. The van der Waals surface area contributed by atoms with Gasteiger partial charge < -0.3 is 31.2 Å². The van der Waals surface area contributed by atoms with E-state index in [0.29, 0.717) is 12.2 Å². The van der Waals surface area contributed by atoms with E-state index in [0.717, 1.165) is 4.90 Å². The molecule has 10 heteroatoms. The zero-order valence-electron chi connectivity index (χ0n) is 16.8. The highest BCUT2D eigenvalue weighted by molar-refractivity contribution is 7.99. The molecule has 5 rings (SSSR count). The van der Waals surface area contributed by atoms with Crippen molar-refractivity contribution in [2.45, 2.75) is 22.7 Å². The summed E-state index contributed by atoms with van der Waals surface area (Å²) in [7, 11) is 1.53. The number of nitrogens with zero attached hydrogens (tertiary/aromatic N) is 1. The Morgan fingerprint density at radius 2 is 2.03 bits per heavy atom. The molecule has 4 atom stereocenters. The van der Waals surface area contributed by atoms with Crippen LogP contribution in [0.25, 0.3) is 0 Å². The standard InChI is InChI=1S/C21H22N4O5S/c1-29-21-12(8-30-20(23)28)14-16(25(21)7-13-19(21)24-13)17(26)11(15(22)18(14)27)9-31-10-5-3-2-4-6-10/h2-6,12-13,19,24H,7-9,22H2,1H3,(H2,23,28)/t12-,13+,19+,21?/m1/s1. The average molecular weight is 442 g/mol. The number of rotatable bonds is 6. The molecule has 1 aromatic carbocycles. The van der Waals surface area contributed by atoms with Crippen LogP contribution in [0.2, 0.25) is 0 Å². The lowest BCUT2D eigenvalue weighted by Gasteiger charge is -2.39. The first-order valence-corrected chi connectivity index (χ1v) is 10.9. The van der Waals surface area contributed by atoms with Crippen LogP contribution < -0.4 is 16.8 Å². The Hall–Kier alpha value is -2.82. The number of ether oxygens (including phenoxy) is 2. The van der Waals surface area contributed by atoms with Crippen molar-refractivity contribution in [3.05, 3.63) is 52.9 Å². The number of allylic oxidation sites excluding steroid dienone is 2. The van der Waals surface area contributed by atoms with Crippen LogP contribution in [0.3, 0.4) is 0 Å². The second-order valence-corrected chi connectivity index (χ2v) is 8.96. The lowest BCUT2D eigenvalue weighted by atomic mass is 9.82. The summed E-state index contributed by atoms with van der Waals surface area (Å²) in [4.78, 5) is 41.1. The van der Waals surface area contributed by atoms with Gasteiger partial charge in [0.15, 0.2) is 5.72 Å². The van der Waals surface area contributed by atoms with E-state index < -0.39 is 23.5 Å². The van der Waals surface area contributed by atoms with Crippen LogP contribution in [-0.2, 0) is 19.1 Å². The monoisotopic (exact) mass is 442 g/mol. The predicted octanol–water partition coefficient (Wildman–Crippen LogP) is 0.121. The van der Waals surface area contributed by atoms with E-state index >= 15 is 0 Å². The van der Waals surface area contributed by atoms with Crippen molar-refractivity contribution < 1.29 is 23.9 Å². The van der Waals surface area contributed by atoms with Gasteiger partial charge in [-0.15, -0.1) is 11.8 Å². The number of nitrogens with one attached hydrogen (secondary N) is 1. The number of nitrogens with two attached hydrogens (primary N) is 2. The summed E-state index contributed by atoms with van der Waals surface area (Å²) in [6.07, 6.45) is -0.955. The van der Waals surface area contributed by atoms with Gasteiger partial charge in [0, 0.05) is 41.5 Å². The van der Waals surface area contributed by atoms with Crippen molar-refractivity contribution in [1.29, 1.82) is 0 Å². The first kappa shape index (κ1) is 20.1. The van der Waals surface area contributed by atoms with Gasteiger partial charge in [-0.1, -0.05) is 18.2 Å². The molecule has 2 saturated heterocycles. The number of hydrogen-bond acceptors (Lipinski definition) is 9. The average Bonchev–Trinajstić information content (AvgIpc) is 3.37. The molecule has 1 aliphatic carbocycles. The van der Waals surface area contributed by atoms with Crippen LogP contribution in [0.15, 0.2) is 57.8 Å². The molecule has 4 aliphatic rings. The van der Waals surface area contributed by atoms with Crippen LogP contribution in [0.4, 0.5) is 4.79 Å². The van der Waals surface area contributed by atoms with Gasteiger partial charge in [-0.25, -0.2) is 4.79 Å². The van der Waals surface area contributed by atoms with E-state index in [1.54, 1.807) is 0 Å². The molecule has 0 aromatic heterocycles. The minimum atomic E-state index is -1.00. The second kappa shape index (κ2) is 7.11. The van der Waals surface area contributed by atoms with Crippen molar-refractivity contribution in [2.75, 3.05) is 26.0 Å². The number of methoxy groups -OCH3 is 1. The van der Waals surface area contributed by atoms with Crippen LogP contribution in [-0.4, -0.2) is 66.4 Å². The van der Waals surface area contributed by atoms with Crippen LogP contribution in [0, 0.1) is 5.92 Å². The zero-order chi connectivity index (χ0) is 21.9. The molecular weight excluding hydrogens is 420 g/mol. The van der Waals surface area contributed by atoms with Gasteiger partial charge in [0.1, 0.15) is 6.61 Å². The molecule has 3 aliphatic heterocycles. The minimum absolute atomic E-state index is 0.0658. The Morgan fingerprint density at radius 3 is 2.71 bits per heavy atom. The van der Waals surface area contributed by atoms with Gasteiger partial charge in [0.2, 0.25) is 11.6 Å². The third-order valence-corrected chi connectivity index (χ3v) is 7.49. The van der Waals surface area contributed by atoms with Crippen LogP contribution >= 0.6 is 11.8 Å². The number of Topliss-reactive ketones (excluding diaryl/α,β-unsaturated/α-hetero) is 2. The van der Waals surface area contributed by atoms with Crippen molar-refractivity contribution in [2.24, 2.45) is 17.4 Å². The highest BCUT2D eigenvalue weighted by Gasteiger charge is 2.72. The molecule has 0 bridgehead atoms. The molecule has 2 fully saturated rings.